The third-order valence-electron chi connectivity index (χ3n) is 3.01. The molecular formula is C14H14BrFN2O2S. The maximum atomic E-state index is 13.1. The second-order valence-corrected chi connectivity index (χ2v) is 7.30. The first-order chi connectivity index (χ1) is 9.70. The van der Waals surface area contributed by atoms with Crippen LogP contribution in [0.2, 0.25) is 0 Å². The van der Waals surface area contributed by atoms with Gasteiger partial charge in [-0.25, -0.2) is 12.8 Å². The second-order valence-electron chi connectivity index (χ2n) is 4.70. The molecular weight excluding hydrogens is 359 g/mol. The summed E-state index contributed by atoms with van der Waals surface area (Å²) in [5.74, 6) is -0.648. The third kappa shape index (κ3) is 3.36. The number of nitrogens with two attached hydrogens (primary N) is 1. The van der Waals surface area contributed by atoms with Gasteiger partial charge in [-0.1, -0.05) is 15.9 Å². The van der Waals surface area contributed by atoms with Crippen LogP contribution in [0.3, 0.4) is 0 Å². The van der Waals surface area contributed by atoms with Gasteiger partial charge in [0.2, 0.25) is 0 Å². The molecule has 4 nitrogen and oxygen atoms in total. The molecule has 0 bridgehead atoms. The van der Waals surface area contributed by atoms with E-state index >= 15 is 0 Å². The van der Waals surface area contributed by atoms with Gasteiger partial charge in [0.15, 0.2) is 0 Å². The number of hydrogen-bond donors (Lipinski definition) is 2. The first kappa shape index (κ1) is 15.8. The summed E-state index contributed by atoms with van der Waals surface area (Å²) < 4.78 is 41.2. The van der Waals surface area contributed by atoms with Crippen LogP contribution in [0.1, 0.15) is 11.1 Å². The molecule has 3 N–H and O–H groups in total. The standard InChI is InChI=1S/C14H14BrFN2O2S/c1-8-5-10(15)6-9(2)14(8)18-21(19,20)11-3-4-12(16)13(17)7-11/h3-7,18H,17H2,1-2H3. The van der Waals surface area contributed by atoms with Gasteiger partial charge in [-0.2, -0.15) is 0 Å². The molecule has 21 heavy (non-hydrogen) atoms. The summed E-state index contributed by atoms with van der Waals surface area (Å²) in [6, 6.07) is 6.93. The fraction of sp³-hybridized carbons (Fsp3) is 0.143. The molecule has 0 saturated carbocycles. The molecule has 2 aromatic carbocycles. The van der Waals surface area contributed by atoms with Crippen molar-refractivity contribution in [2.45, 2.75) is 18.7 Å². The SMILES string of the molecule is Cc1cc(Br)cc(C)c1NS(=O)(=O)c1ccc(F)c(N)c1. The lowest BCUT2D eigenvalue weighted by Gasteiger charge is -2.14. The number of benzene rings is 2. The average molecular weight is 373 g/mol. The number of rotatable bonds is 3. The molecule has 0 aliphatic carbocycles. The van der Waals surface area contributed by atoms with Gasteiger partial charge in [0.05, 0.1) is 16.3 Å². The minimum Gasteiger partial charge on any atom is -0.396 e. The Balaban J connectivity index is 2.44. The molecule has 0 saturated heterocycles. The van der Waals surface area contributed by atoms with Crippen molar-refractivity contribution in [2.75, 3.05) is 10.5 Å². The van der Waals surface area contributed by atoms with Crippen molar-refractivity contribution in [1.82, 2.24) is 0 Å². The van der Waals surface area contributed by atoms with Crippen LogP contribution in [0.5, 0.6) is 0 Å². The summed E-state index contributed by atoms with van der Waals surface area (Å²) in [5, 5.41) is 0. The van der Waals surface area contributed by atoms with E-state index < -0.39 is 15.8 Å². The van der Waals surface area contributed by atoms with Gasteiger partial charge in [-0.05, 0) is 55.3 Å². The minimum absolute atomic E-state index is 0.0804. The first-order valence-electron chi connectivity index (χ1n) is 6.05. The van der Waals surface area contributed by atoms with Crippen molar-refractivity contribution >= 4 is 37.3 Å². The highest BCUT2D eigenvalue weighted by molar-refractivity contribution is 9.10. The maximum absolute atomic E-state index is 13.1. The number of aryl methyl sites for hydroxylation is 2. The van der Waals surface area contributed by atoms with Gasteiger partial charge >= 0.3 is 0 Å². The molecule has 7 heteroatoms. The minimum atomic E-state index is -3.82. The Morgan fingerprint density at radius 3 is 2.24 bits per heavy atom. The van der Waals surface area contributed by atoms with Crippen molar-refractivity contribution in [3.05, 3.63) is 51.7 Å². The number of hydrogen-bond acceptors (Lipinski definition) is 3. The van der Waals surface area contributed by atoms with Crippen LogP contribution >= 0.6 is 15.9 Å². The van der Waals surface area contributed by atoms with E-state index in [0.29, 0.717) is 5.69 Å². The number of halogens is 2. The van der Waals surface area contributed by atoms with E-state index in [9.17, 15) is 12.8 Å². The molecule has 0 unspecified atom stereocenters. The van der Waals surface area contributed by atoms with Crippen LogP contribution in [0.25, 0.3) is 0 Å². The van der Waals surface area contributed by atoms with Crippen molar-refractivity contribution in [3.63, 3.8) is 0 Å². The lowest BCUT2D eigenvalue weighted by Crippen LogP contribution is -2.15. The van der Waals surface area contributed by atoms with Gasteiger partial charge in [0.25, 0.3) is 10.0 Å². The second kappa shape index (κ2) is 5.65. The number of nitrogen functional groups attached to an aromatic ring is 1. The van der Waals surface area contributed by atoms with Gasteiger partial charge in [-0.3, -0.25) is 4.72 Å². The molecule has 0 aromatic heterocycles. The molecule has 0 aliphatic rings. The van der Waals surface area contributed by atoms with Crippen LogP contribution in [-0.4, -0.2) is 8.42 Å². The van der Waals surface area contributed by atoms with Gasteiger partial charge in [0, 0.05) is 4.47 Å². The van der Waals surface area contributed by atoms with E-state index in [-0.39, 0.29) is 10.6 Å². The molecule has 0 heterocycles. The van der Waals surface area contributed by atoms with Gasteiger partial charge in [-0.15, -0.1) is 0 Å². The maximum Gasteiger partial charge on any atom is 0.261 e. The predicted molar refractivity (Wildman–Crippen MR) is 85.2 cm³/mol. The summed E-state index contributed by atoms with van der Waals surface area (Å²) in [6.45, 7) is 3.60. The zero-order valence-electron chi connectivity index (χ0n) is 11.4. The van der Waals surface area contributed by atoms with Crippen molar-refractivity contribution in [3.8, 4) is 0 Å². The summed E-state index contributed by atoms with van der Waals surface area (Å²) in [7, 11) is -3.82. The zero-order valence-corrected chi connectivity index (χ0v) is 13.8. The van der Waals surface area contributed by atoms with Crippen LogP contribution in [0.4, 0.5) is 15.8 Å². The third-order valence-corrected chi connectivity index (χ3v) is 4.82. The summed E-state index contributed by atoms with van der Waals surface area (Å²) in [4.78, 5) is -0.0804. The van der Waals surface area contributed by atoms with E-state index in [1.165, 1.54) is 6.07 Å². The van der Waals surface area contributed by atoms with Gasteiger partial charge < -0.3 is 5.73 Å². The van der Waals surface area contributed by atoms with Crippen molar-refractivity contribution in [1.29, 1.82) is 0 Å². The van der Waals surface area contributed by atoms with Gasteiger partial charge in [0.1, 0.15) is 5.82 Å². The lowest BCUT2D eigenvalue weighted by molar-refractivity contribution is 0.600. The average Bonchev–Trinajstić information content (AvgIpc) is 2.37. The molecule has 0 fully saturated rings. The molecule has 0 atom stereocenters. The van der Waals surface area contributed by atoms with Crippen LogP contribution < -0.4 is 10.5 Å². The molecule has 2 aromatic rings. The molecule has 2 rings (SSSR count). The lowest BCUT2D eigenvalue weighted by atomic mass is 10.1. The Hall–Kier alpha value is -1.60. The van der Waals surface area contributed by atoms with Crippen LogP contribution in [0, 0.1) is 19.7 Å². The Bertz CT molecular complexity index is 784. The topological polar surface area (TPSA) is 72.2 Å². The van der Waals surface area contributed by atoms with E-state index in [1.807, 2.05) is 12.1 Å². The predicted octanol–water partition coefficient (Wildman–Crippen LogP) is 3.59. The Morgan fingerprint density at radius 2 is 1.71 bits per heavy atom. The smallest absolute Gasteiger partial charge is 0.261 e. The fourth-order valence-corrected chi connectivity index (χ4v) is 3.88. The fourth-order valence-electron chi connectivity index (χ4n) is 1.95. The van der Waals surface area contributed by atoms with E-state index in [4.69, 9.17) is 5.73 Å². The molecule has 112 valence electrons. The van der Waals surface area contributed by atoms with E-state index in [2.05, 4.69) is 20.7 Å². The highest BCUT2D eigenvalue weighted by Crippen LogP contribution is 2.28. The van der Waals surface area contributed by atoms with Crippen LogP contribution in [0.15, 0.2) is 39.7 Å². The summed E-state index contributed by atoms with van der Waals surface area (Å²) in [6.07, 6.45) is 0. The van der Waals surface area contributed by atoms with Crippen molar-refractivity contribution in [2.24, 2.45) is 0 Å². The first-order valence-corrected chi connectivity index (χ1v) is 8.33. The molecule has 0 radical (unpaired) electrons. The van der Waals surface area contributed by atoms with Crippen molar-refractivity contribution < 1.29 is 12.8 Å². The van der Waals surface area contributed by atoms with Crippen LogP contribution in [-0.2, 0) is 10.0 Å². The Kier molecular flexibility index (Phi) is 4.25. The van der Waals surface area contributed by atoms with E-state index in [0.717, 1.165) is 27.7 Å². The number of anilines is 2. The Labute approximate surface area is 131 Å². The molecule has 0 amide bonds. The molecule has 0 aliphatic heterocycles. The summed E-state index contributed by atoms with van der Waals surface area (Å²) >= 11 is 3.35. The number of sulfonamides is 1. The normalized spacial score (nSPS) is 11.4. The monoisotopic (exact) mass is 372 g/mol. The number of nitrogens with one attached hydrogen (secondary N) is 1. The zero-order chi connectivity index (χ0) is 15.8. The Morgan fingerprint density at radius 1 is 1.14 bits per heavy atom. The largest absolute Gasteiger partial charge is 0.396 e. The quantitative estimate of drug-likeness (QED) is 0.808. The van der Waals surface area contributed by atoms with E-state index in [1.54, 1.807) is 13.8 Å². The highest BCUT2D eigenvalue weighted by Gasteiger charge is 2.18. The summed E-state index contributed by atoms with van der Waals surface area (Å²) in [5.41, 5.74) is 7.27. The highest BCUT2D eigenvalue weighted by atomic mass is 79.9. The molecule has 0 spiro atoms.